The fourth-order valence-electron chi connectivity index (χ4n) is 5.85. The Morgan fingerprint density at radius 3 is 2.44 bits per heavy atom. The SMILES string of the molecule is CCOC(=O)[C@H]1[C@@H]2C(=O)N([C@@H](CO)C(C)C)[C@H](C(=O)Nc3ccc4ccccc4c3)[C@H]2C=C[C@H]1CC. The fraction of sp³-hybridized carbons (Fsp3) is 0.483. The van der Waals surface area contributed by atoms with Crippen molar-refractivity contribution in [1.82, 2.24) is 4.90 Å². The third-order valence-electron chi connectivity index (χ3n) is 7.68. The number of likely N-dealkylation sites (tertiary alicyclic amines) is 1. The molecule has 1 aliphatic carbocycles. The number of aliphatic hydroxyl groups is 1. The zero-order chi connectivity index (χ0) is 26.0. The van der Waals surface area contributed by atoms with Crippen molar-refractivity contribution >= 4 is 34.2 Å². The van der Waals surface area contributed by atoms with Gasteiger partial charge in [0.25, 0.3) is 0 Å². The number of aliphatic hydroxyl groups excluding tert-OH is 1. The fourth-order valence-corrected chi connectivity index (χ4v) is 5.85. The molecule has 0 unspecified atom stereocenters. The monoisotopic (exact) mass is 492 g/mol. The number of nitrogens with zero attached hydrogens (tertiary/aromatic N) is 1. The summed E-state index contributed by atoms with van der Waals surface area (Å²) in [5.41, 5.74) is 0.632. The Hall–Kier alpha value is -3.19. The number of nitrogens with one attached hydrogen (secondary N) is 1. The molecule has 1 aliphatic heterocycles. The summed E-state index contributed by atoms with van der Waals surface area (Å²) in [6.07, 6.45) is 4.56. The summed E-state index contributed by atoms with van der Waals surface area (Å²) < 4.78 is 5.38. The van der Waals surface area contributed by atoms with E-state index in [-0.39, 0.29) is 36.9 Å². The molecule has 2 amide bonds. The van der Waals surface area contributed by atoms with E-state index < -0.39 is 35.8 Å². The Morgan fingerprint density at radius 1 is 1.08 bits per heavy atom. The van der Waals surface area contributed by atoms with Crippen LogP contribution in [0.25, 0.3) is 10.8 Å². The molecule has 0 radical (unpaired) electrons. The van der Waals surface area contributed by atoms with Crippen molar-refractivity contribution in [3.8, 4) is 0 Å². The van der Waals surface area contributed by atoms with Gasteiger partial charge in [-0.05, 0) is 48.1 Å². The zero-order valence-electron chi connectivity index (χ0n) is 21.4. The molecule has 7 nitrogen and oxygen atoms in total. The summed E-state index contributed by atoms with van der Waals surface area (Å²) in [5, 5.41) is 15.3. The smallest absolute Gasteiger partial charge is 0.310 e. The maximum absolute atomic E-state index is 14.0. The van der Waals surface area contributed by atoms with Crippen LogP contribution in [0.2, 0.25) is 0 Å². The van der Waals surface area contributed by atoms with Crippen molar-refractivity contribution in [3.63, 3.8) is 0 Å². The van der Waals surface area contributed by atoms with Crippen molar-refractivity contribution in [2.75, 3.05) is 18.5 Å². The van der Waals surface area contributed by atoms with Crippen LogP contribution in [-0.4, -0.2) is 53.1 Å². The van der Waals surface area contributed by atoms with E-state index in [1.165, 1.54) is 4.90 Å². The second-order valence-electron chi connectivity index (χ2n) is 10.1. The molecule has 0 aromatic heterocycles. The first kappa shape index (κ1) is 25.9. The van der Waals surface area contributed by atoms with E-state index in [9.17, 15) is 19.5 Å². The Balaban J connectivity index is 1.73. The Kier molecular flexibility index (Phi) is 7.79. The molecule has 1 fully saturated rings. The molecular weight excluding hydrogens is 456 g/mol. The molecule has 0 spiro atoms. The number of allylic oxidation sites excluding steroid dienone is 1. The van der Waals surface area contributed by atoms with Crippen LogP contribution < -0.4 is 5.32 Å². The predicted molar refractivity (Wildman–Crippen MR) is 139 cm³/mol. The second kappa shape index (κ2) is 10.8. The highest BCUT2D eigenvalue weighted by Gasteiger charge is 2.59. The minimum Gasteiger partial charge on any atom is -0.466 e. The van der Waals surface area contributed by atoms with Crippen molar-refractivity contribution in [1.29, 1.82) is 0 Å². The standard InChI is InChI=1S/C29H36N2O5/c1-5-18-12-14-22-25(24(18)29(35)36-6-2)28(34)31(23(16-32)17(3)4)26(22)27(33)30-21-13-11-19-9-7-8-10-20(19)15-21/h7-15,17-18,22-26,32H,5-6,16H2,1-4H3,(H,30,33)/t18-,22+,23+,24-,25-,26+/m1/s1. The molecule has 36 heavy (non-hydrogen) atoms. The predicted octanol–water partition coefficient (Wildman–Crippen LogP) is 4.01. The van der Waals surface area contributed by atoms with Gasteiger partial charge < -0.3 is 20.1 Å². The maximum Gasteiger partial charge on any atom is 0.310 e. The largest absolute Gasteiger partial charge is 0.466 e. The van der Waals surface area contributed by atoms with Gasteiger partial charge in [0.15, 0.2) is 0 Å². The molecule has 6 atom stereocenters. The van der Waals surface area contributed by atoms with Gasteiger partial charge in [-0.25, -0.2) is 0 Å². The van der Waals surface area contributed by atoms with E-state index in [2.05, 4.69) is 5.32 Å². The first-order chi connectivity index (χ1) is 17.3. The van der Waals surface area contributed by atoms with Crippen LogP contribution in [0.15, 0.2) is 54.6 Å². The molecule has 4 rings (SSSR count). The van der Waals surface area contributed by atoms with Crippen LogP contribution in [-0.2, 0) is 19.1 Å². The summed E-state index contributed by atoms with van der Waals surface area (Å²) in [5.74, 6) is -3.10. The zero-order valence-corrected chi connectivity index (χ0v) is 21.4. The molecule has 7 heteroatoms. The highest BCUT2D eigenvalue weighted by Crippen LogP contribution is 2.46. The number of carbonyl (C=O) groups is 3. The maximum atomic E-state index is 14.0. The lowest BCUT2D eigenvalue weighted by atomic mass is 9.69. The summed E-state index contributed by atoms with van der Waals surface area (Å²) >= 11 is 0. The third kappa shape index (κ3) is 4.64. The van der Waals surface area contributed by atoms with E-state index >= 15 is 0 Å². The summed E-state index contributed by atoms with van der Waals surface area (Å²) in [6, 6.07) is 12.2. The van der Waals surface area contributed by atoms with Crippen LogP contribution in [0.5, 0.6) is 0 Å². The minimum absolute atomic E-state index is 0.0814. The number of fused-ring (bicyclic) bond motifs is 2. The first-order valence-electron chi connectivity index (χ1n) is 12.9. The molecular formula is C29H36N2O5. The lowest BCUT2D eigenvalue weighted by molar-refractivity contribution is -0.156. The summed E-state index contributed by atoms with van der Waals surface area (Å²) in [7, 11) is 0. The third-order valence-corrected chi connectivity index (χ3v) is 7.68. The number of amides is 2. The van der Waals surface area contributed by atoms with Gasteiger partial charge in [-0.1, -0.05) is 63.3 Å². The number of ether oxygens (including phenoxy) is 1. The molecule has 1 saturated heterocycles. The molecule has 2 aromatic carbocycles. The van der Waals surface area contributed by atoms with Gasteiger partial charge in [0.05, 0.1) is 31.1 Å². The van der Waals surface area contributed by atoms with Crippen molar-refractivity contribution < 1.29 is 24.2 Å². The molecule has 0 bridgehead atoms. The molecule has 2 aliphatic rings. The van der Waals surface area contributed by atoms with Gasteiger partial charge >= 0.3 is 5.97 Å². The van der Waals surface area contributed by atoms with E-state index in [4.69, 9.17) is 4.74 Å². The van der Waals surface area contributed by atoms with Crippen LogP contribution in [0.4, 0.5) is 5.69 Å². The van der Waals surface area contributed by atoms with Crippen LogP contribution in [0.3, 0.4) is 0 Å². The average Bonchev–Trinajstić information content (AvgIpc) is 3.15. The van der Waals surface area contributed by atoms with Gasteiger partial charge in [0, 0.05) is 11.6 Å². The number of hydrogen-bond donors (Lipinski definition) is 2. The van der Waals surface area contributed by atoms with E-state index in [0.29, 0.717) is 12.1 Å². The lowest BCUT2D eigenvalue weighted by Gasteiger charge is -2.35. The number of hydrogen-bond acceptors (Lipinski definition) is 5. The lowest BCUT2D eigenvalue weighted by Crippen LogP contribution is -2.52. The average molecular weight is 493 g/mol. The Labute approximate surface area is 212 Å². The van der Waals surface area contributed by atoms with Crippen LogP contribution >= 0.6 is 0 Å². The summed E-state index contributed by atoms with van der Waals surface area (Å²) in [4.78, 5) is 42.4. The molecule has 1 heterocycles. The van der Waals surface area contributed by atoms with Crippen molar-refractivity contribution in [3.05, 3.63) is 54.6 Å². The van der Waals surface area contributed by atoms with E-state index in [1.807, 2.05) is 75.4 Å². The van der Waals surface area contributed by atoms with Crippen LogP contribution in [0, 0.1) is 29.6 Å². The molecule has 2 N–H and O–H groups in total. The van der Waals surface area contributed by atoms with Crippen molar-refractivity contribution in [2.45, 2.75) is 46.2 Å². The Morgan fingerprint density at radius 2 is 1.81 bits per heavy atom. The van der Waals surface area contributed by atoms with Gasteiger partial charge in [-0.3, -0.25) is 14.4 Å². The quantitative estimate of drug-likeness (QED) is 0.429. The number of carbonyl (C=O) groups excluding carboxylic acids is 3. The first-order valence-corrected chi connectivity index (χ1v) is 12.9. The van der Waals surface area contributed by atoms with Crippen LogP contribution in [0.1, 0.15) is 34.1 Å². The van der Waals surface area contributed by atoms with Gasteiger partial charge in [-0.15, -0.1) is 0 Å². The topological polar surface area (TPSA) is 95.9 Å². The number of anilines is 1. The molecule has 0 saturated carbocycles. The molecule has 192 valence electrons. The Bertz CT molecular complexity index is 1160. The summed E-state index contributed by atoms with van der Waals surface area (Å²) in [6.45, 7) is 7.52. The number of esters is 1. The van der Waals surface area contributed by atoms with Gasteiger partial charge in [0.1, 0.15) is 6.04 Å². The number of benzene rings is 2. The second-order valence-corrected chi connectivity index (χ2v) is 10.1. The highest BCUT2D eigenvalue weighted by molar-refractivity contribution is 6.02. The van der Waals surface area contributed by atoms with Gasteiger partial charge in [-0.2, -0.15) is 0 Å². The minimum atomic E-state index is -0.848. The normalized spacial score (nSPS) is 26.2. The van der Waals surface area contributed by atoms with Crippen molar-refractivity contribution in [2.24, 2.45) is 29.6 Å². The highest BCUT2D eigenvalue weighted by atomic mass is 16.5. The van der Waals surface area contributed by atoms with E-state index in [1.54, 1.807) is 6.92 Å². The van der Waals surface area contributed by atoms with E-state index in [0.717, 1.165) is 10.8 Å². The van der Waals surface area contributed by atoms with Gasteiger partial charge in [0.2, 0.25) is 11.8 Å². The number of rotatable bonds is 8. The molecule has 2 aromatic rings.